The van der Waals surface area contributed by atoms with E-state index in [0.29, 0.717) is 26.3 Å². The Labute approximate surface area is 133 Å². The minimum Gasteiger partial charge on any atom is -0.378 e. The Morgan fingerprint density at radius 2 is 1.91 bits per heavy atom. The molecule has 0 spiro atoms. The van der Waals surface area contributed by atoms with Gasteiger partial charge in [-0.05, 0) is 17.4 Å². The van der Waals surface area contributed by atoms with Crippen LogP contribution in [0.25, 0.3) is 0 Å². The molecule has 1 N–H and O–H groups in total. The minimum atomic E-state index is 0.0120. The summed E-state index contributed by atoms with van der Waals surface area (Å²) in [5, 5.41) is 3.26. The molecule has 0 aliphatic carbocycles. The molecular weight excluding hydrogens is 276 g/mol. The number of ether oxygens (including phenoxy) is 1. The molecule has 1 aliphatic rings. The summed E-state index contributed by atoms with van der Waals surface area (Å²) < 4.78 is 5.32. The topological polar surface area (TPSA) is 41.6 Å². The summed E-state index contributed by atoms with van der Waals surface area (Å²) in [6.45, 7) is 9.24. The standard InChI is InChI=1S/C18H28N2O2/c1-4-10-18(2,3)16(15-8-6-5-7-9-15)19-17(21)20-11-13-22-14-12-20/h5-9,16H,4,10-14H2,1-3H3,(H,19,21)/t16-/m1/s1. The molecule has 2 amide bonds. The molecule has 1 heterocycles. The number of hydrogen-bond acceptors (Lipinski definition) is 2. The van der Waals surface area contributed by atoms with Crippen LogP contribution in [0, 0.1) is 5.41 Å². The van der Waals surface area contributed by atoms with E-state index < -0.39 is 0 Å². The number of hydrogen-bond donors (Lipinski definition) is 1. The average Bonchev–Trinajstić information content (AvgIpc) is 2.54. The maximum atomic E-state index is 12.6. The first-order valence-corrected chi connectivity index (χ1v) is 8.22. The molecule has 1 fully saturated rings. The minimum absolute atomic E-state index is 0.0120. The number of morpholine rings is 1. The van der Waals surface area contributed by atoms with Gasteiger partial charge in [0.2, 0.25) is 0 Å². The van der Waals surface area contributed by atoms with Gasteiger partial charge in [-0.1, -0.05) is 57.5 Å². The third kappa shape index (κ3) is 4.23. The molecular formula is C18H28N2O2. The molecule has 0 saturated carbocycles. The third-order valence-electron chi connectivity index (χ3n) is 4.37. The number of benzene rings is 1. The summed E-state index contributed by atoms with van der Waals surface area (Å²) in [6.07, 6.45) is 2.17. The molecule has 0 unspecified atom stereocenters. The van der Waals surface area contributed by atoms with Crippen molar-refractivity contribution >= 4 is 6.03 Å². The van der Waals surface area contributed by atoms with Crippen LogP contribution >= 0.6 is 0 Å². The Morgan fingerprint density at radius 1 is 1.27 bits per heavy atom. The lowest BCUT2D eigenvalue weighted by atomic mass is 9.77. The van der Waals surface area contributed by atoms with Crippen LogP contribution in [-0.2, 0) is 4.74 Å². The summed E-state index contributed by atoms with van der Waals surface area (Å²) in [7, 11) is 0. The van der Waals surface area contributed by atoms with E-state index in [0.717, 1.165) is 12.8 Å². The second-order valence-electron chi connectivity index (χ2n) is 6.63. The zero-order valence-corrected chi connectivity index (χ0v) is 14.0. The molecule has 1 saturated heterocycles. The monoisotopic (exact) mass is 304 g/mol. The summed E-state index contributed by atoms with van der Waals surface area (Å²) in [5.74, 6) is 0. The Balaban J connectivity index is 2.15. The summed E-state index contributed by atoms with van der Waals surface area (Å²) in [6, 6.07) is 10.3. The number of nitrogens with zero attached hydrogens (tertiary/aromatic N) is 1. The lowest BCUT2D eigenvalue weighted by Gasteiger charge is -2.37. The molecule has 122 valence electrons. The first kappa shape index (κ1) is 16.8. The van der Waals surface area contributed by atoms with E-state index in [1.54, 1.807) is 0 Å². The Bertz CT molecular complexity index is 467. The van der Waals surface area contributed by atoms with Crippen molar-refractivity contribution in [3.63, 3.8) is 0 Å². The number of urea groups is 1. The van der Waals surface area contributed by atoms with Gasteiger partial charge < -0.3 is 15.0 Å². The first-order valence-electron chi connectivity index (χ1n) is 8.22. The number of nitrogens with one attached hydrogen (secondary N) is 1. The second-order valence-corrected chi connectivity index (χ2v) is 6.63. The van der Waals surface area contributed by atoms with Crippen molar-refractivity contribution in [1.82, 2.24) is 10.2 Å². The van der Waals surface area contributed by atoms with Gasteiger partial charge in [-0.2, -0.15) is 0 Å². The predicted molar refractivity (Wildman–Crippen MR) is 88.8 cm³/mol. The van der Waals surface area contributed by atoms with Gasteiger partial charge in [0.15, 0.2) is 0 Å². The van der Waals surface area contributed by atoms with Crippen molar-refractivity contribution in [2.75, 3.05) is 26.3 Å². The Morgan fingerprint density at radius 3 is 2.50 bits per heavy atom. The largest absolute Gasteiger partial charge is 0.378 e. The van der Waals surface area contributed by atoms with Crippen LogP contribution < -0.4 is 5.32 Å². The van der Waals surface area contributed by atoms with Crippen LogP contribution in [-0.4, -0.2) is 37.2 Å². The van der Waals surface area contributed by atoms with Crippen molar-refractivity contribution in [3.05, 3.63) is 35.9 Å². The predicted octanol–water partition coefficient (Wildman–Crippen LogP) is 3.60. The van der Waals surface area contributed by atoms with Crippen molar-refractivity contribution in [3.8, 4) is 0 Å². The Kier molecular flexibility index (Phi) is 5.83. The van der Waals surface area contributed by atoms with Crippen molar-refractivity contribution in [1.29, 1.82) is 0 Å². The van der Waals surface area contributed by atoms with Crippen LogP contribution in [0.4, 0.5) is 4.79 Å². The van der Waals surface area contributed by atoms with E-state index >= 15 is 0 Å². The SMILES string of the molecule is CCCC(C)(C)[C@H](NC(=O)N1CCOCC1)c1ccccc1. The molecule has 1 aliphatic heterocycles. The molecule has 4 nitrogen and oxygen atoms in total. The summed E-state index contributed by atoms with van der Waals surface area (Å²) >= 11 is 0. The first-order chi connectivity index (χ1) is 10.5. The molecule has 0 radical (unpaired) electrons. The molecule has 1 atom stereocenters. The van der Waals surface area contributed by atoms with Crippen molar-refractivity contribution < 1.29 is 9.53 Å². The van der Waals surface area contributed by atoms with Gasteiger partial charge in [0.25, 0.3) is 0 Å². The third-order valence-corrected chi connectivity index (χ3v) is 4.37. The van der Waals surface area contributed by atoms with Crippen LogP contribution in [0.2, 0.25) is 0 Å². The normalized spacial score (nSPS) is 17.1. The van der Waals surface area contributed by atoms with Gasteiger partial charge in [0.05, 0.1) is 19.3 Å². The highest BCUT2D eigenvalue weighted by atomic mass is 16.5. The highest BCUT2D eigenvalue weighted by Gasteiger charge is 2.32. The van der Waals surface area contributed by atoms with Crippen molar-refractivity contribution in [2.24, 2.45) is 5.41 Å². The highest BCUT2D eigenvalue weighted by molar-refractivity contribution is 5.75. The lowest BCUT2D eigenvalue weighted by Crippen LogP contribution is -2.49. The quantitative estimate of drug-likeness (QED) is 0.903. The number of carbonyl (C=O) groups excluding carboxylic acids is 1. The van der Waals surface area contributed by atoms with Crippen LogP contribution in [0.3, 0.4) is 0 Å². The van der Waals surface area contributed by atoms with E-state index in [-0.39, 0.29) is 17.5 Å². The van der Waals surface area contributed by atoms with Crippen LogP contribution in [0.5, 0.6) is 0 Å². The average molecular weight is 304 g/mol. The molecule has 0 bridgehead atoms. The highest BCUT2D eigenvalue weighted by Crippen LogP contribution is 2.37. The molecule has 1 aromatic rings. The molecule has 4 heteroatoms. The van der Waals surface area contributed by atoms with Gasteiger partial charge in [-0.3, -0.25) is 0 Å². The number of amides is 2. The van der Waals surface area contributed by atoms with Gasteiger partial charge in [-0.15, -0.1) is 0 Å². The van der Waals surface area contributed by atoms with Gasteiger partial charge >= 0.3 is 6.03 Å². The molecule has 22 heavy (non-hydrogen) atoms. The lowest BCUT2D eigenvalue weighted by molar-refractivity contribution is 0.0507. The molecule has 1 aromatic carbocycles. The maximum Gasteiger partial charge on any atom is 0.318 e. The number of rotatable bonds is 5. The Hall–Kier alpha value is -1.55. The van der Waals surface area contributed by atoms with Crippen LogP contribution in [0.15, 0.2) is 30.3 Å². The fraction of sp³-hybridized carbons (Fsp3) is 0.611. The zero-order chi connectivity index (χ0) is 16.0. The van der Waals surface area contributed by atoms with E-state index in [9.17, 15) is 4.79 Å². The maximum absolute atomic E-state index is 12.6. The number of carbonyl (C=O) groups is 1. The van der Waals surface area contributed by atoms with E-state index in [1.807, 2.05) is 23.1 Å². The summed E-state index contributed by atoms with van der Waals surface area (Å²) in [4.78, 5) is 14.4. The van der Waals surface area contributed by atoms with Gasteiger partial charge in [-0.25, -0.2) is 4.79 Å². The molecule has 2 rings (SSSR count). The fourth-order valence-electron chi connectivity index (χ4n) is 3.15. The van der Waals surface area contributed by atoms with Gasteiger partial charge in [0, 0.05) is 13.1 Å². The van der Waals surface area contributed by atoms with Crippen LogP contribution in [0.1, 0.15) is 45.2 Å². The zero-order valence-electron chi connectivity index (χ0n) is 14.0. The smallest absolute Gasteiger partial charge is 0.318 e. The van der Waals surface area contributed by atoms with E-state index in [1.165, 1.54) is 5.56 Å². The second kappa shape index (κ2) is 7.63. The van der Waals surface area contributed by atoms with E-state index in [4.69, 9.17) is 4.74 Å². The van der Waals surface area contributed by atoms with Gasteiger partial charge in [0.1, 0.15) is 0 Å². The summed E-state index contributed by atoms with van der Waals surface area (Å²) in [5.41, 5.74) is 1.18. The molecule has 0 aromatic heterocycles. The van der Waals surface area contributed by atoms with Crippen molar-refractivity contribution in [2.45, 2.75) is 39.7 Å². The van der Waals surface area contributed by atoms with E-state index in [2.05, 4.69) is 38.2 Å². The fourth-order valence-corrected chi connectivity index (χ4v) is 3.15.